The van der Waals surface area contributed by atoms with Gasteiger partial charge in [-0.15, -0.1) is 0 Å². The molecule has 236 valence electrons. The van der Waals surface area contributed by atoms with E-state index in [1.807, 2.05) is 0 Å². The summed E-state index contributed by atoms with van der Waals surface area (Å²) >= 11 is 0. The van der Waals surface area contributed by atoms with E-state index in [9.17, 15) is 0 Å². The van der Waals surface area contributed by atoms with Crippen molar-refractivity contribution >= 4 is 38.6 Å². The molecule has 0 radical (unpaired) electrons. The fourth-order valence-electron chi connectivity index (χ4n) is 9.86. The molecule has 0 N–H and O–H groups in total. The molecule has 0 atom stereocenters. The summed E-state index contributed by atoms with van der Waals surface area (Å²) in [5, 5.41) is 5.10. The molecule has 6 aromatic rings. The average Bonchev–Trinajstić information content (AvgIpc) is 3.28. The number of para-hydroxylation sites is 2. The van der Waals surface area contributed by atoms with E-state index in [0.717, 1.165) is 11.4 Å². The van der Waals surface area contributed by atoms with Crippen LogP contribution >= 0.6 is 0 Å². The summed E-state index contributed by atoms with van der Waals surface area (Å²) in [6, 6.07) is 44.9. The molecular formula is C46H47N. The van der Waals surface area contributed by atoms with Gasteiger partial charge in [0.25, 0.3) is 0 Å². The highest BCUT2D eigenvalue weighted by Gasteiger charge is 2.72. The van der Waals surface area contributed by atoms with Crippen molar-refractivity contribution in [3.05, 3.63) is 138 Å². The van der Waals surface area contributed by atoms with Crippen LogP contribution in [0.1, 0.15) is 79.0 Å². The third-order valence-electron chi connectivity index (χ3n) is 14.1. The van der Waals surface area contributed by atoms with E-state index < -0.39 is 0 Å². The number of anilines is 3. The molecule has 0 heterocycles. The number of benzene rings is 6. The summed E-state index contributed by atoms with van der Waals surface area (Å²) in [4.78, 5) is 2.44. The molecule has 0 fully saturated rings. The summed E-state index contributed by atoms with van der Waals surface area (Å²) in [6.07, 6.45) is 0. The van der Waals surface area contributed by atoms with E-state index in [2.05, 4.69) is 189 Å². The quantitative estimate of drug-likeness (QED) is 0.179. The Balaban J connectivity index is 1.51. The molecule has 0 saturated heterocycles. The predicted octanol–water partition coefficient (Wildman–Crippen LogP) is 13.0. The minimum absolute atomic E-state index is 0.0125. The largest absolute Gasteiger partial charge is 0.309 e. The second-order valence-electron chi connectivity index (χ2n) is 16.4. The third-order valence-corrected chi connectivity index (χ3v) is 14.1. The second kappa shape index (κ2) is 9.60. The second-order valence-corrected chi connectivity index (χ2v) is 16.4. The molecule has 0 bridgehead atoms. The number of fused-ring (bicyclic) bond motifs is 2. The molecular weight excluding hydrogens is 567 g/mol. The smallest absolute Gasteiger partial charge is 0.0618 e. The van der Waals surface area contributed by atoms with Crippen LogP contribution in [0.4, 0.5) is 17.1 Å². The normalized spacial score (nSPS) is 19.2. The highest BCUT2D eigenvalue weighted by molar-refractivity contribution is 6.22. The zero-order chi connectivity index (χ0) is 33.1. The molecule has 0 aliphatic heterocycles. The SMILES string of the molecule is CC1(C)c2cc(-c3c4ccccc4c(N(c4ccccc4)c4ccccc4)c4ccccc34)cc3c2C(C)(C1(C)C)C(C)(C)C3(C)C. The highest BCUT2D eigenvalue weighted by atomic mass is 15.1. The topological polar surface area (TPSA) is 3.24 Å². The van der Waals surface area contributed by atoms with Gasteiger partial charge in [-0.25, -0.2) is 0 Å². The molecule has 6 aromatic carbocycles. The van der Waals surface area contributed by atoms with E-state index in [1.165, 1.54) is 49.5 Å². The zero-order valence-corrected chi connectivity index (χ0v) is 29.5. The monoisotopic (exact) mass is 613 g/mol. The zero-order valence-electron chi connectivity index (χ0n) is 29.5. The van der Waals surface area contributed by atoms with Crippen molar-refractivity contribution in [2.75, 3.05) is 4.90 Å². The van der Waals surface area contributed by atoms with Gasteiger partial charge >= 0.3 is 0 Å². The molecule has 2 aliphatic carbocycles. The first-order valence-electron chi connectivity index (χ1n) is 17.3. The van der Waals surface area contributed by atoms with E-state index in [1.54, 1.807) is 5.56 Å². The van der Waals surface area contributed by atoms with Crippen molar-refractivity contribution in [1.29, 1.82) is 0 Å². The average molecular weight is 614 g/mol. The molecule has 0 unspecified atom stereocenters. The van der Waals surface area contributed by atoms with Crippen LogP contribution in [0.25, 0.3) is 32.7 Å². The number of nitrogens with zero attached hydrogens (tertiary/aromatic N) is 1. The van der Waals surface area contributed by atoms with Gasteiger partial charge in [0.15, 0.2) is 0 Å². The van der Waals surface area contributed by atoms with Crippen molar-refractivity contribution in [1.82, 2.24) is 0 Å². The van der Waals surface area contributed by atoms with Crippen LogP contribution < -0.4 is 4.90 Å². The van der Waals surface area contributed by atoms with Crippen LogP contribution in [-0.4, -0.2) is 0 Å². The molecule has 0 amide bonds. The minimum Gasteiger partial charge on any atom is -0.309 e. The highest BCUT2D eigenvalue weighted by Crippen LogP contribution is 2.76. The number of hydrogen-bond donors (Lipinski definition) is 0. The van der Waals surface area contributed by atoms with Crippen molar-refractivity contribution in [3.63, 3.8) is 0 Å². The lowest BCUT2D eigenvalue weighted by Crippen LogP contribution is -2.55. The molecule has 2 aliphatic rings. The maximum absolute atomic E-state index is 2.59. The fourth-order valence-corrected chi connectivity index (χ4v) is 9.86. The van der Waals surface area contributed by atoms with Gasteiger partial charge in [-0.2, -0.15) is 0 Å². The Labute approximate surface area is 281 Å². The van der Waals surface area contributed by atoms with E-state index in [-0.39, 0.29) is 27.1 Å². The lowest BCUT2D eigenvalue weighted by molar-refractivity contribution is -0.0105. The van der Waals surface area contributed by atoms with E-state index >= 15 is 0 Å². The van der Waals surface area contributed by atoms with E-state index in [0.29, 0.717) is 0 Å². The Morgan fingerprint density at radius 1 is 0.426 bits per heavy atom. The molecule has 0 spiro atoms. The fraction of sp³-hybridized carbons (Fsp3) is 0.304. The van der Waals surface area contributed by atoms with Crippen LogP contribution in [0.15, 0.2) is 121 Å². The van der Waals surface area contributed by atoms with Gasteiger partial charge in [0.05, 0.1) is 5.69 Å². The molecule has 1 heteroatoms. The van der Waals surface area contributed by atoms with Gasteiger partial charge < -0.3 is 4.90 Å². The number of rotatable bonds is 4. The standard InChI is InChI=1S/C46H47N/c1-42(2)37-28-30(29-38-40(37)46(9,44(42,5)6)45(7,8)43(38,3)4)39-33-24-16-18-26-35(33)41(36-27-19-17-25-34(36)39)47(31-20-12-10-13-21-31)32-22-14-11-15-23-32/h10-29H,1-9H3. The van der Waals surface area contributed by atoms with Gasteiger partial charge in [0.2, 0.25) is 0 Å². The van der Waals surface area contributed by atoms with Crippen LogP contribution in [0.5, 0.6) is 0 Å². The summed E-state index contributed by atoms with van der Waals surface area (Å²) < 4.78 is 0. The van der Waals surface area contributed by atoms with Gasteiger partial charge in [-0.1, -0.05) is 159 Å². The van der Waals surface area contributed by atoms with Crippen molar-refractivity contribution in [3.8, 4) is 11.1 Å². The van der Waals surface area contributed by atoms with Crippen molar-refractivity contribution in [2.45, 2.75) is 78.6 Å². The molecule has 47 heavy (non-hydrogen) atoms. The van der Waals surface area contributed by atoms with Crippen LogP contribution in [0.2, 0.25) is 0 Å². The predicted molar refractivity (Wildman–Crippen MR) is 203 cm³/mol. The van der Waals surface area contributed by atoms with Gasteiger partial charge in [-0.05, 0) is 84.5 Å². The lowest BCUT2D eigenvalue weighted by atomic mass is 9.47. The van der Waals surface area contributed by atoms with Gasteiger partial charge in [0, 0.05) is 27.6 Å². The first kappa shape index (κ1) is 30.0. The van der Waals surface area contributed by atoms with Crippen molar-refractivity contribution < 1.29 is 0 Å². The first-order valence-corrected chi connectivity index (χ1v) is 17.3. The van der Waals surface area contributed by atoms with Crippen LogP contribution in [0.3, 0.4) is 0 Å². The maximum atomic E-state index is 2.59. The van der Waals surface area contributed by atoms with Gasteiger partial charge in [-0.3, -0.25) is 0 Å². The molecule has 0 saturated carbocycles. The van der Waals surface area contributed by atoms with Crippen LogP contribution in [0, 0.1) is 10.8 Å². The molecule has 1 nitrogen and oxygen atoms in total. The lowest BCUT2D eigenvalue weighted by Gasteiger charge is -2.56. The number of hydrogen-bond acceptors (Lipinski definition) is 1. The van der Waals surface area contributed by atoms with Crippen molar-refractivity contribution in [2.24, 2.45) is 10.8 Å². The first-order chi connectivity index (χ1) is 22.3. The Morgan fingerprint density at radius 3 is 1.19 bits per heavy atom. The maximum Gasteiger partial charge on any atom is 0.0618 e. The van der Waals surface area contributed by atoms with Crippen LogP contribution in [-0.2, 0) is 16.2 Å². The molecule has 0 aromatic heterocycles. The summed E-state index contributed by atoms with van der Waals surface area (Å²) in [6.45, 7) is 22.7. The van der Waals surface area contributed by atoms with E-state index in [4.69, 9.17) is 0 Å². The molecule has 8 rings (SSSR count). The summed E-state index contributed by atoms with van der Waals surface area (Å²) in [5.41, 5.74) is 11.1. The summed E-state index contributed by atoms with van der Waals surface area (Å²) in [5.74, 6) is 0. The Bertz CT molecular complexity index is 2050. The Hall–Kier alpha value is -4.36. The Morgan fingerprint density at radius 2 is 0.787 bits per heavy atom. The minimum atomic E-state index is 0.0125. The van der Waals surface area contributed by atoms with Gasteiger partial charge in [0.1, 0.15) is 0 Å². The Kier molecular flexibility index (Phi) is 6.13. The third kappa shape index (κ3) is 3.56. The summed E-state index contributed by atoms with van der Waals surface area (Å²) in [7, 11) is 0.